The molecule has 0 unspecified atom stereocenters. The summed E-state index contributed by atoms with van der Waals surface area (Å²) in [4.78, 5) is 19.7. The number of hydrogen-bond acceptors (Lipinski definition) is 3. The van der Waals surface area contributed by atoms with E-state index in [1.807, 2.05) is 0 Å². The number of rotatable bonds is 3. The first-order valence-corrected chi connectivity index (χ1v) is 5.58. The highest BCUT2D eigenvalue weighted by Crippen LogP contribution is 2.11. The van der Waals surface area contributed by atoms with Crippen molar-refractivity contribution in [1.29, 1.82) is 0 Å². The molecule has 98 valence electrons. The molecule has 0 spiro atoms. The average Bonchev–Trinajstić information content (AvgIpc) is 2.39. The second-order valence-electron chi connectivity index (χ2n) is 3.88. The Morgan fingerprint density at radius 2 is 2.11 bits per heavy atom. The zero-order valence-electron chi connectivity index (χ0n) is 10.2. The molecule has 2 rings (SSSR count). The van der Waals surface area contributed by atoms with Crippen LogP contribution in [0.4, 0.5) is 8.78 Å². The fourth-order valence-corrected chi connectivity index (χ4v) is 1.55. The number of hydrogen-bond donors (Lipinski definition) is 1. The third kappa shape index (κ3) is 3.09. The average molecular weight is 263 g/mol. The number of nitrogens with one attached hydrogen (secondary N) is 1. The molecule has 0 saturated heterocycles. The van der Waals surface area contributed by atoms with Crippen LogP contribution in [-0.2, 0) is 6.54 Å². The summed E-state index contributed by atoms with van der Waals surface area (Å²) in [6.45, 7) is 1.84. The van der Waals surface area contributed by atoms with Crippen LogP contribution in [0.1, 0.15) is 21.9 Å². The highest BCUT2D eigenvalue weighted by Gasteiger charge is 2.14. The van der Waals surface area contributed by atoms with Gasteiger partial charge >= 0.3 is 0 Å². The molecule has 0 fully saturated rings. The van der Waals surface area contributed by atoms with Gasteiger partial charge in [-0.25, -0.2) is 18.7 Å². The van der Waals surface area contributed by atoms with E-state index in [0.29, 0.717) is 11.5 Å². The van der Waals surface area contributed by atoms with Crippen molar-refractivity contribution < 1.29 is 13.6 Å². The van der Waals surface area contributed by atoms with Crippen LogP contribution in [0.3, 0.4) is 0 Å². The minimum Gasteiger partial charge on any atom is -0.346 e. The molecule has 0 radical (unpaired) electrons. The van der Waals surface area contributed by atoms with Crippen LogP contribution < -0.4 is 5.32 Å². The molecule has 1 heterocycles. The molecule has 2 aromatic rings. The highest BCUT2D eigenvalue weighted by atomic mass is 19.2. The zero-order valence-corrected chi connectivity index (χ0v) is 10.2. The van der Waals surface area contributed by atoms with Crippen molar-refractivity contribution in [2.45, 2.75) is 13.5 Å². The van der Waals surface area contributed by atoms with Crippen LogP contribution in [-0.4, -0.2) is 15.9 Å². The lowest BCUT2D eigenvalue weighted by Gasteiger charge is -2.06. The van der Waals surface area contributed by atoms with E-state index < -0.39 is 17.5 Å². The molecule has 1 aromatic carbocycles. The maximum Gasteiger partial charge on any atom is 0.254 e. The Morgan fingerprint density at radius 3 is 2.84 bits per heavy atom. The summed E-state index contributed by atoms with van der Waals surface area (Å²) in [5.74, 6) is -2.32. The zero-order chi connectivity index (χ0) is 13.8. The number of amides is 1. The summed E-state index contributed by atoms with van der Waals surface area (Å²) < 4.78 is 26.4. The topological polar surface area (TPSA) is 54.9 Å². The minimum atomic E-state index is -1.15. The quantitative estimate of drug-likeness (QED) is 0.921. The van der Waals surface area contributed by atoms with Crippen LogP contribution in [0.2, 0.25) is 0 Å². The van der Waals surface area contributed by atoms with Gasteiger partial charge in [0.1, 0.15) is 5.82 Å². The predicted octanol–water partition coefficient (Wildman–Crippen LogP) is 1.99. The van der Waals surface area contributed by atoms with Gasteiger partial charge in [0.25, 0.3) is 5.91 Å². The first-order valence-electron chi connectivity index (χ1n) is 5.58. The van der Waals surface area contributed by atoms with Gasteiger partial charge in [0.15, 0.2) is 11.6 Å². The molecule has 4 nitrogen and oxygen atoms in total. The molecule has 1 amide bonds. The monoisotopic (exact) mass is 263 g/mol. The van der Waals surface area contributed by atoms with Crippen molar-refractivity contribution in [2.75, 3.05) is 0 Å². The van der Waals surface area contributed by atoms with Crippen molar-refractivity contribution >= 4 is 5.91 Å². The maximum atomic E-state index is 13.4. The largest absolute Gasteiger partial charge is 0.346 e. The molecule has 0 aliphatic carbocycles. The van der Waals surface area contributed by atoms with Gasteiger partial charge in [0.2, 0.25) is 0 Å². The standard InChI is InChI=1S/C13H11F2N3O/c1-8-16-6-5-9(18-8)7-17-13(19)10-3-2-4-11(14)12(10)15/h2-6H,7H2,1H3,(H,17,19). The van der Waals surface area contributed by atoms with E-state index in [4.69, 9.17) is 0 Å². The minimum absolute atomic E-state index is 0.123. The lowest BCUT2D eigenvalue weighted by molar-refractivity contribution is 0.0945. The summed E-state index contributed by atoms with van der Waals surface area (Å²) in [5, 5.41) is 2.47. The maximum absolute atomic E-state index is 13.4. The van der Waals surface area contributed by atoms with Gasteiger partial charge in [0.05, 0.1) is 17.8 Å². The van der Waals surface area contributed by atoms with E-state index in [2.05, 4.69) is 15.3 Å². The molecule has 1 aromatic heterocycles. The second-order valence-corrected chi connectivity index (χ2v) is 3.88. The number of benzene rings is 1. The van der Waals surface area contributed by atoms with Gasteiger partial charge in [-0.3, -0.25) is 4.79 Å². The van der Waals surface area contributed by atoms with Crippen molar-refractivity contribution in [3.05, 3.63) is 59.2 Å². The summed E-state index contributed by atoms with van der Waals surface area (Å²) in [5.41, 5.74) is 0.267. The smallest absolute Gasteiger partial charge is 0.254 e. The van der Waals surface area contributed by atoms with Crippen molar-refractivity contribution in [3.63, 3.8) is 0 Å². The highest BCUT2D eigenvalue weighted by molar-refractivity contribution is 5.94. The van der Waals surface area contributed by atoms with Crippen LogP contribution in [0.5, 0.6) is 0 Å². The van der Waals surface area contributed by atoms with Crippen LogP contribution in [0.25, 0.3) is 0 Å². The number of halogens is 2. The third-order valence-corrected chi connectivity index (χ3v) is 2.46. The predicted molar refractivity (Wildman–Crippen MR) is 64.3 cm³/mol. The molecule has 1 N–H and O–H groups in total. The third-order valence-electron chi connectivity index (χ3n) is 2.46. The van der Waals surface area contributed by atoms with Gasteiger partial charge in [-0.05, 0) is 25.1 Å². The van der Waals surface area contributed by atoms with E-state index in [0.717, 1.165) is 6.07 Å². The van der Waals surface area contributed by atoms with Crippen LogP contribution in [0, 0.1) is 18.6 Å². The molecule has 19 heavy (non-hydrogen) atoms. The lowest BCUT2D eigenvalue weighted by Crippen LogP contribution is -2.24. The van der Waals surface area contributed by atoms with E-state index in [1.54, 1.807) is 19.2 Å². The molecule has 0 aliphatic rings. The van der Waals surface area contributed by atoms with Gasteiger partial charge in [0, 0.05) is 6.20 Å². The number of aromatic nitrogens is 2. The van der Waals surface area contributed by atoms with E-state index in [-0.39, 0.29) is 12.1 Å². The summed E-state index contributed by atoms with van der Waals surface area (Å²) >= 11 is 0. The first-order chi connectivity index (χ1) is 9.08. The number of nitrogens with zero attached hydrogens (tertiary/aromatic N) is 2. The Hall–Kier alpha value is -2.37. The number of carbonyl (C=O) groups is 1. The Kier molecular flexibility index (Phi) is 3.79. The molecule has 0 atom stereocenters. The van der Waals surface area contributed by atoms with E-state index in [1.165, 1.54) is 12.1 Å². The summed E-state index contributed by atoms with van der Waals surface area (Å²) in [6, 6.07) is 5.09. The van der Waals surface area contributed by atoms with Crippen molar-refractivity contribution in [3.8, 4) is 0 Å². The molecular formula is C13H11F2N3O. The van der Waals surface area contributed by atoms with Gasteiger partial charge in [-0.1, -0.05) is 6.07 Å². The van der Waals surface area contributed by atoms with Gasteiger partial charge in [-0.15, -0.1) is 0 Å². The molecular weight excluding hydrogens is 252 g/mol. The van der Waals surface area contributed by atoms with Crippen molar-refractivity contribution in [1.82, 2.24) is 15.3 Å². The van der Waals surface area contributed by atoms with Gasteiger partial charge in [-0.2, -0.15) is 0 Å². The first kappa shape index (κ1) is 13.1. The Balaban J connectivity index is 2.08. The molecule has 0 aliphatic heterocycles. The van der Waals surface area contributed by atoms with E-state index >= 15 is 0 Å². The fraction of sp³-hybridized carbons (Fsp3) is 0.154. The van der Waals surface area contributed by atoms with Crippen molar-refractivity contribution in [2.24, 2.45) is 0 Å². The Bertz CT molecular complexity index is 617. The lowest BCUT2D eigenvalue weighted by atomic mass is 10.2. The van der Waals surface area contributed by atoms with E-state index in [9.17, 15) is 13.6 Å². The summed E-state index contributed by atoms with van der Waals surface area (Å²) in [7, 11) is 0. The Labute approximate surface area is 108 Å². The number of aryl methyl sites for hydroxylation is 1. The number of carbonyl (C=O) groups excluding carboxylic acids is 1. The molecule has 0 bridgehead atoms. The van der Waals surface area contributed by atoms with Gasteiger partial charge < -0.3 is 5.32 Å². The fourth-order valence-electron chi connectivity index (χ4n) is 1.55. The Morgan fingerprint density at radius 1 is 1.32 bits per heavy atom. The van der Waals surface area contributed by atoms with Crippen LogP contribution in [0.15, 0.2) is 30.5 Å². The molecule has 6 heteroatoms. The summed E-state index contributed by atoms with van der Waals surface area (Å²) in [6.07, 6.45) is 1.56. The van der Waals surface area contributed by atoms with Crippen LogP contribution >= 0.6 is 0 Å². The second kappa shape index (κ2) is 5.51. The SMILES string of the molecule is Cc1nccc(CNC(=O)c2cccc(F)c2F)n1. The normalized spacial score (nSPS) is 10.3. The molecule has 0 saturated carbocycles.